The van der Waals surface area contributed by atoms with Crippen LogP contribution in [0.4, 0.5) is 4.79 Å². The van der Waals surface area contributed by atoms with Gasteiger partial charge in [-0.05, 0) is 80.2 Å². The van der Waals surface area contributed by atoms with Gasteiger partial charge in [-0.25, -0.2) is 4.79 Å². The van der Waals surface area contributed by atoms with Crippen LogP contribution in [0.2, 0.25) is 0 Å². The molecule has 6 rings (SSSR count). The number of nitrogens with one attached hydrogen (secondary N) is 1. The molecule has 1 fully saturated rings. The molecule has 2 amide bonds. The van der Waals surface area contributed by atoms with E-state index in [0.29, 0.717) is 32.8 Å². The Balaban J connectivity index is 1.15. The zero-order valence-electron chi connectivity index (χ0n) is 24.3. The molecule has 2 aromatic carbocycles. The second kappa shape index (κ2) is 11.3. The second-order valence-corrected chi connectivity index (χ2v) is 14.2. The Morgan fingerprint density at radius 1 is 1.17 bits per heavy atom. The molecule has 1 spiro atoms. The predicted octanol–water partition coefficient (Wildman–Crippen LogP) is 4.95. The molecule has 3 aromatic rings. The molecule has 3 aliphatic heterocycles. The van der Waals surface area contributed by atoms with Crippen LogP contribution in [0.5, 0.6) is 5.75 Å². The molecule has 0 unspecified atom stereocenters. The molecule has 8 nitrogen and oxygen atoms in total. The number of amides is 2. The lowest BCUT2D eigenvalue weighted by molar-refractivity contribution is 0.0523. The molecule has 0 bridgehead atoms. The molecule has 3 aliphatic rings. The normalized spacial score (nSPS) is 17.2. The van der Waals surface area contributed by atoms with E-state index >= 15 is 0 Å². The van der Waals surface area contributed by atoms with Crippen LogP contribution >= 0.6 is 23.1 Å². The first-order chi connectivity index (χ1) is 20.1. The smallest absolute Gasteiger partial charge is 0.491 e. The number of carbonyl (C=O) groups excluding carboxylic acids is 2. The monoisotopic (exact) mass is 606 g/mol. The maximum absolute atomic E-state index is 13.7. The van der Waals surface area contributed by atoms with E-state index in [-0.39, 0.29) is 11.3 Å². The first-order valence-corrected chi connectivity index (χ1v) is 16.2. The van der Waals surface area contributed by atoms with E-state index < -0.39 is 18.8 Å². The minimum atomic E-state index is -0.903. The lowest BCUT2D eigenvalue weighted by atomic mass is 9.74. The molecule has 11 heteroatoms. The summed E-state index contributed by atoms with van der Waals surface area (Å²) in [5.41, 5.74) is 5.26. The average Bonchev–Trinajstić information content (AvgIpc) is 3.67. The van der Waals surface area contributed by atoms with E-state index in [1.165, 1.54) is 11.3 Å². The number of hydrogen-bond donors (Lipinski definition) is 2. The SMILES string of the molecule is CSc1sc(C(=O)N2CCC3(CC2)COc2ccc(CNC(=O)OC(C)(C)C)cc23)cc1-c1cccc2c1COB2O. The number of hydrogen-bond acceptors (Lipinski definition) is 8. The van der Waals surface area contributed by atoms with Gasteiger partial charge in [-0.2, -0.15) is 0 Å². The van der Waals surface area contributed by atoms with E-state index in [2.05, 4.69) is 11.4 Å². The molecule has 0 aliphatic carbocycles. The number of fused-ring (bicyclic) bond motifs is 3. The Morgan fingerprint density at radius 2 is 1.95 bits per heavy atom. The second-order valence-electron chi connectivity index (χ2n) is 12.1. The van der Waals surface area contributed by atoms with Crippen LogP contribution in [-0.2, 0) is 28.0 Å². The molecule has 220 valence electrons. The van der Waals surface area contributed by atoms with Crippen molar-refractivity contribution < 1.29 is 28.7 Å². The van der Waals surface area contributed by atoms with Gasteiger partial charge in [0.1, 0.15) is 11.4 Å². The van der Waals surface area contributed by atoms with Gasteiger partial charge in [0.2, 0.25) is 0 Å². The van der Waals surface area contributed by atoms with Gasteiger partial charge in [0, 0.05) is 36.2 Å². The number of ether oxygens (including phenoxy) is 2. The van der Waals surface area contributed by atoms with Gasteiger partial charge in [0.05, 0.1) is 22.3 Å². The third kappa shape index (κ3) is 5.55. The van der Waals surface area contributed by atoms with Crippen LogP contribution in [0.15, 0.2) is 46.7 Å². The minimum Gasteiger partial charge on any atom is -0.492 e. The first kappa shape index (κ1) is 29.1. The van der Waals surface area contributed by atoms with Crippen molar-refractivity contribution in [2.45, 2.75) is 62.0 Å². The van der Waals surface area contributed by atoms with Gasteiger partial charge in [-0.15, -0.1) is 23.1 Å². The number of thioether (sulfide) groups is 1. The molecular weight excluding hydrogens is 571 g/mol. The van der Waals surface area contributed by atoms with Crippen LogP contribution in [-0.4, -0.2) is 60.6 Å². The predicted molar refractivity (Wildman–Crippen MR) is 166 cm³/mol. The third-order valence-electron chi connectivity index (χ3n) is 8.21. The summed E-state index contributed by atoms with van der Waals surface area (Å²) in [6, 6.07) is 13.9. The van der Waals surface area contributed by atoms with E-state index in [1.807, 2.05) is 68.3 Å². The number of nitrogens with zero attached hydrogens (tertiary/aromatic N) is 1. The fourth-order valence-corrected chi connectivity index (χ4v) is 7.90. The van der Waals surface area contributed by atoms with E-state index in [1.54, 1.807) is 11.8 Å². The molecule has 42 heavy (non-hydrogen) atoms. The topological polar surface area (TPSA) is 97.3 Å². The summed E-state index contributed by atoms with van der Waals surface area (Å²) in [5, 5.41) is 13.0. The maximum atomic E-state index is 13.7. The Labute approximate surface area is 254 Å². The van der Waals surface area contributed by atoms with E-state index in [9.17, 15) is 14.6 Å². The summed E-state index contributed by atoms with van der Waals surface area (Å²) in [4.78, 5) is 28.6. The zero-order valence-corrected chi connectivity index (χ0v) is 26.0. The lowest BCUT2D eigenvalue weighted by Crippen LogP contribution is -2.45. The maximum Gasteiger partial charge on any atom is 0.491 e. The largest absolute Gasteiger partial charge is 0.492 e. The van der Waals surface area contributed by atoms with Crippen molar-refractivity contribution in [3.8, 4) is 16.9 Å². The van der Waals surface area contributed by atoms with Crippen LogP contribution in [0, 0.1) is 0 Å². The van der Waals surface area contributed by atoms with Gasteiger partial charge in [-0.3, -0.25) is 4.79 Å². The van der Waals surface area contributed by atoms with Gasteiger partial charge < -0.3 is 29.4 Å². The lowest BCUT2D eigenvalue weighted by Gasteiger charge is -2.38. The van der Waals surface area contributed by atoms with Crippen LogP contribution in [0.1, 0.15) is 60.0 Å². The van der Waals surface area contributed by atoms with Crippen LogP contribution in [0.3, 0.4) is 0 Å². The van der Waals surface area contributed by atoms with Crippen molar-refractivity contribution in [2.75, 3.05) is 26.0 Å². The highest BCUT2D eigenvalue weighted by Crippen LogP contribution is 2.46. The standard InChI is InChI=1S/C31H35BN2O6S2/c1-30(2,3)40-29(36)33-16-19-8-9-25-23(14-19)31(18-38-25)10-12-34(13-11-31)27(35)26-15-21(28(41-4)42-26)20-6-5-7-24-22(20)17-39-32(24)37/h5-9,14-15,37H,10-13,16-18H2,1-4H3,(H,33,36). The number of piperidine rings is 1. The molecule has 1 saturated heterocycles. The summed E-state index contributed by atoms with van der Waals surface area (Å²) in [6.45, 7) is 8.14. The number of rotatable bonds is 5. The Bertz CT molecular complexity index is 1530. The number of alkyl carbamates (subject to hydrolysis) is 1. The highest BCUT2D eigenvalue weighted by molar-refractivity contribution is 8.00. The fourth-order valence-electron chi connectivity index (χ4n) is 6.04. The van der Waals surface area contributed by atoms with Crippen molar-refractivity contribution in [3.63, 3.8) is 0 Å². The molecule has 0 atom stereocenters. The highest BCUT2D eigenvalue weighted by atomic mass is 32.2. The average molecular weight is 607 g/mol. The quantitative estimate of drug-likeness (QED) is 0.314. The van der Waals surface area contributed by atoms with Gasteiger partial charge in [0.15, 0.2) is 0 Å². The summed E-state index contributed by atoms with van der Waals surface area (Å²) in [5.74, 6) is 0.933. The number of carbonyl (C=O) groups is 2. The molecule has 0 saturated carbocycles. The molecule has 4 heterocycles. The summed E-state index contributed by atoms with van der Waals surface area (Å²) in [7, 11) is -0.903. The third-order valence-corrected chi connectivity index (χ3v) is 10.5. The van der Waals surface area contributed by atoms with Crippen molar-refractivity contribution >= 4 is 47.7 Å². The molecular formula is C31H35BN2O6S2. The zero-order chi connectivity index (χ0) is 29.6. The van der Waals surface area contributed by atoms with Gasteiger partial charge >= 0.3 is 13.2 Å². The molecule has 2 N–H and O–H groups in total. The summed E-state index contributed by atoms with van der Waals surface area (Å²) < 4.78 is 18.0. The van der Waals surface area contributed by atoms with Gasteiger partial charge in [0.25, 0.3) is 5.91 Å². The summed E-state index contributed by atoms with van der Waals surface area (Å²) in [6.07, 6.45) is 3.20. The van der Waals surface area contributed by atoms with Crippen molar-refractivity contribution in [2.24, 2.45) is 0 Å². The van der Waals surface area contributed by atoms with E-state index in [4.69, 9.17) is 14.1 Å². The molecule has 1 aromatic heterocycles. The number of likely N-dealkylation sites (tertiary alicyclic amines) is 1. The fraction of sp³-hybridized carbons (Fsp3) is 0.419. The summed E-state index contributed by atoms with van der Waals surface area (Å²) >= 11 is 3.16. The van der Waals surface area contributed by atoms with E-state index in [0.717, 1.165) is 61.0 Å². The number of benzene rings is 2. The Kier molecular flexibility index (Phi) is 7.80. The van der Waals surface area contributed by atoms with Crippen molar-refractivity contribution in [1.82, 2.24) is 10.2 Å². The minimum absolute atomic E-state index is 0.0507. The first-order valence-electron chi connectivity index (χ1n) is 14.2. The van der Waals surface area contributed by atoms with Crippen LogP contribution < -0.4 is 15.5 Å². The van der Waals surface area contributed by atoms with Crippen molar-refractivity contribution in [1.29, 1.82) is 0 Å². The van der Waals surface area contributed by atoms with Gasteiger partial charge in [-0.1, -0.05) is 24.3 Å². The Morgan fingerprint density at radius 3 is 2.69 bits per heavy atom. The van der Waals surface area contributed by atoms with Crippen LogP contribution in [0.25, 0.3) is 11.1 Å². The molecule has 0 radical (unpaired) electrons. The van der Waals surface area contributed by atoms with Crippen molar-refractivity contribution in [3.05, 3.63) is 64.0 Å². The highest BCUT2D eigenvalue weighted by Gasteiger charge is 2.44. The number of thiophene rings is 1. The Hall–Kier alpha value is -2.99.